The summed E-state index contributed by atoms with van der Waals surface area (Å²) in [5.74, 6) is 0.738. The predicted molar refractivity (Wildman–Crippen MR) is 92.1 cm³/mol. The Morgan fingerprint density at radius 3 is 2.50 bits per heavy atom. The standard InChI is InChI=1S/C16H20N4O3.ClH/c1-15(2,3)11-6-5-10(9-12(11)20(21)22)13-18-14(19-23-13)16(17)7-4-8-16;/h5-6,9H,4,7-8,17H2,1-3H3;1H. The van der Waals surface area contributed by atoms with E-state index in [1.54, 1.807) is 12.1 Å². The molecule has 8 heteroatoms. The van der Waals surface area contributed by atoms with Crippen LogP contribution in [-0.4, -0.2) is 15.1 Å². The van der Waals surface area contributed by atoms with Gasteiger partial charge in [-0.1, -0.05) is 32.0 Å². The van der Waals surface area contributed by atoms with Gasteiger partial charge in [-0.15, -0.1) is 12.4 Å². The Labute approximate surface area is 146 Å². The molecule has 24 heavy (non-hydrogen) atoms. The van der Waals surface area contributed by atoms with E-state index in [2.05, 4.69) is 10.1 Å². The van der Waals surface area contributed by atoms with Crippen molar-refractivity contribution < 1.29 is 9.45 Å². The zero-order chi connectivity index (χ0) is 16.8. The van der Waals surface area contributed by atoms with E-state index < -0.39 is 5.54 Å². The van der Waals surface area contributed by atoms with E-state index in [9.17, 15) is 10.1 Å². The van der Waals surface area contributed by atoms with Crippen LogP contribution in [0.3, 0.4) is 0 Å². The van der Waals surface area contributed by atoms with Crippen molar-refractivity contribution in [3.8, 4) is 11.5 Å². The third-order valence-electron chi connectivity index (χ3n) is 4.37. The van der Waals surface area contributed by atoms with Crippen molar-refractivity contribution in [1.82, 2.24) is 10.1 Å². The summed E-state index contributed by atoms with van der Waals surface area (Å²) in [7, 11) is 0. The highest BCUT2D eigenvalue weighted by Crippen LogP contribution is 2.38. The summed E-state index contributed by atoms with van der Waals surface area (Å²) in [5, 5.41) is 15.3. The number of rotatable bonds is 3. The summed E-state index contributed by atoms with van der Waals surface area (Å²) in [5.41, 5.74) is 6.60. The zero-order valence-electron chi connectivity index (χ0n) is 13.9. The van der Waals surface area contributed by atoms with Gasteiger partial charge in [-0.3, -0.25) is 10.1 Å². The minimum Gasteiger partial charge on any atom is -0.334 e. The van der Waals surface area contributed by atoms with E-state index >= 15 is 0 Å². The molecule has 1 aliphatic rings. The molecular formula is C16H21ClN4O3. The highest BCUT2D eigenvalue weighted by atomic mass is 35.5. The number of aromatic nitrogens is 2. The number of halogens is 1. The first-order valence-corrected chi connectivity index (χ1v) is 7.63. The van der Waals surface area contributed by atoms with Gasteiger partial charge >= 0.3 is 0 Å². The van der Waals surface area contributed by atoms with Gasteiger partial charge in [-0.25, -0.2) is 0 Å². The second kappa shape index (κ2) is 6.14. The van der Waals surface area contributed by atoms with Crippen LogP contribution >= 0.6 is 12.4 Å². The molecule has 0 amide bonds. The molecule has 1 saturated carbocycles. The third kappa shape index (κ3) is 3.14. The van der Waals surface area contributed by atoms with Gasteiger partial charge in [-0.2, -0.15) is 4.98 Å². The third-order valence-corrected chi connectivity index (χ3v) is 4.37. The maximum absolute atomic E-state index is 11.4. The molecule has 0 unspecified atom stereocenters. The highest BCUT2D eigenvalue weighted by Gasteiger charge is 2.39. The van der Waals surface area contributed by atoms with Crippen LogP contribution in [0.2, 0.25) is 0 Å². The Kier molecular flexibility index (Phi) is 4.70. The lowest BCUT2D eigenvalue weighted by Crippen LogP contribution is -2.44. The number of benzene rings is 1. The van der Waals surface area contributed by atoms with Crippen LogP contribution in [0.15, 0.2) is 22.7 Å². The molecule has 1 fully saturated rings. The molecule has 1 heterocycles. The van der Waals surface area contributed by atoms with Crippen molar-refractivity contribution in [2.75, 3.05) is 0 Å². The summed E-state index contributed by atoms with van der Waals surface area (Å²) in [4.78, 5) is 15.4. The fourth-order valence-electron chi connectivity index (χ4n) is 2.77. The van der Waals surface area contributed by atoms with Crippen LogP contribution in [0.1, 0.15) is 51.4 Å². The molecule has 2 aromatic rings. The van der Waals surface area contributed by atoms with E-state index in [4.69, 9.17) is 10.3 Å². The Balaban J connectivity index is 0.00000208. The minimum atomic E-state index is -0.515. The summed E-state index contributed by atoms with van der Waals surface area (Å²) in [6, 6.07) is 5.01. The monoisotopic (exact) mass is 352 g/mol. The van der Waals surface area contributed by atoms with E-state index in [-0.39, 0.29) is 34.3 Å². The fourth-order valence-corrected chi connectivity index (χ4v) is 2.77. The average molecular weight is 353 g/mol. The number of nitro groups is 1. The molecule has 0 atom stereocenters. The van der Waals surface area contributed by atoms with E-state index in [0.29, 0.717) is 17.0 Å². The van der Waals surface area contributed by atoms with Crippen molar-refractivity contribution in [2.45, 2.75) is 51.0 Å². The lowest BCUT2D eigenvalue weighted by atomic mass is 9.77. The van der Waals surface area contributed by atoms with Gasteiger partial charge in [0.05, 0.1) is 10.5 Å². The smallest absolute Gasteiger partial charge is 0.273 e. The molecule has 0 saturated heterocycles. The van der Waals surface area contributed by atoms with E-state index in [1.807, 2.05) is 20.8 Å². The number of nitrogens with two attached hydrogens (primary N) is 1. The maximum Gasteiger partial charge on any atom is 0.273 e. The zero-order valence-corrected chi connectivity index (χ0v) is 14.7. The molecule has 1 aliphatic carbocycles. The molecule has 0 spiro atoms. The Hall–Kier alpha value is -1.99. The van der Waals surface area contributed by atoms with Gasteiger partial charge in [-0.05, 0) is 30.7 Å². The average Bonchev–Trinajstić information content (AvgIpc) is 2.93. The Morgan fingerprint density at radius 1 is 1.33 bits per heavy atom. The van der Waals surface area contributed by atoms with Crippen molar-refractivity contribution in [3.05, 3.63) is 39.7 Å². The Bertz CT molecular complexity index is 763. The molecule has 1 aromatic heterocycles. The van der Waals surface area contributed by atoms with Gasteiger partial charge < -0.3 is 10.3 Å². The second-order valence-corrected chi connectivity index (χ2v) is 7.17. The quantitative estimate of drug-likeness (QED) is 0.666. The maximum atomic E-state index is 11.4. The molecule has 1 aromatic carbocycles. The first-order valence-electron chi connectivity index (χ1n) is 7.63. The van der Waals surface area contributed by atoms with Crippen molar-refractivity contribution >= 4 is 18.1 Å². The molecule has 0 bridgehead atoms. The summed E-state index contributed by atoms with van der Waals surface area (Å²) in [6.45, 7) is 5.82. The van der Waals surface area contributed by atoms with Crippen LogP contribution in [-0.2, 0) is 11.0 Å². The molecule has 0 aliphatic heterocycles. The molecule has 3 rings (SSSR count). The van der Waals surface area contributed by atoms with Crippen molar-refractivity contribution in [3.63, 3.8) is 0 Å². The summed E-state index contributed by atoms with van der Waals surface area (Å²) >= 11 is 0. The van der Waals surface area contributed by atoms with Gasteiger partial charge in [0, 0.05) is 17.2 Å². The van der Waals surface area contributed by atoms with Crippen LogP contribution < -0.4 is 5.73 Å². The van der Waals surface area contributed by atoms with E-state index in [0.717, 1.165) is 19.3 Å². The van der Waals surface area contributed by atoms with Crippen molar-refractivity contribution in [2.24, 2.45) is 5.73 Å². The predicted octanol–water partition coefficient (Wildman–Crippen LogP) is 3.70. The first-order chi connectivity index (χ1) is 10.7. The SMILES string of the molecule is CC(C)(C)c1ccc(-c2nc(C3(N)CCC3)no2)cc1[N+](=O)[O-].Cl. The van der Waals surface area contributed by atoms with E-state index in [1.165, 1.54) is 6.07 Å². The molecule has 130 valence electrons. The van der Waals surface area contributed by atoms with Gasteiger partial charge in [0.15, 0.2) is 5.82 Å². The van der Waals surface area contributed by atoms with Gasteiger partial charge in [0.25, 0.3) is 11.6 Å². The number of nitrogens with zero attached hydrogens (tertiary/aromatic N) is 3. The lowest BCUT2D eigenvalue weighted by molar-refractivity contribution is -0.385. The van der Waals surface area contributed by atoms with Crippen LogP contribution in [0.4, 0.5) is 5.69 Å². The van der Waals surface area contributed by atoms with Crippen LogP contribution in [0.25, 0.3) is 11.5 Å². The summed E-state index contributed by atoms with van der Waals surface area (Å²) in [6.07, 6.45) is 2.70. The second-order valence-electron chi connectivity index (χ2n) is 7.17. The molecule has 0 radical (unpaired) electrons. The number of nitro benzene ring substituents is 1. The number of hydrogen-bond acceptors (Lipinski definition) is 6. The summed E-state index contributed by atoms with van der Waals surface area (Å²) < 4.78 is 5.27. The van der Waals surface area contributed by atoms with Gasteiger partial charge in [0.2, 0.25) is 0 Å². The van der Waals surface area contributed by atoms with Crippen molar-refractivity contribution in [1.29, 1.82) is 0 Å². The number of hydrogen-bond donors (Lipinski definition) is 1. The largest absolute Gasteiger partial charge is 0.334 e. The minimum absolute atomic E-state index is 0. The van der Waals surface area contributed by atoms with Crippen LogP contribution in [0, 0.1) is 10.1 Å². The van der Waals surface area contributed by atoms with Gasteiger partial charge in [0.1, 0.15) is 0 Å². The normalized spacial score (nSPS) is 16.2. The first kappa shape index (κ1) is 18.4. The molecule has 2 N–H and O–H groups in total. The highest BCUT2D eigenvalue weighted by molar-refractivity contribution is 5.85. The lowest BCUT2D eigenvalue weighted by Gasteiger charge is -2.34. The van der Waals surface area contributed by atoms with Crippen LogP contribution in [0.5, 0.6) is 0 Å². The fraction of sp³-hybridized carbons (Fsp3) is 0.500. The Morgan fingerprint density at radius 2 is 2.00 bits per heavy atom. The topological polar surface area (TPSA) is 108 Å². The molecular weight excluding hydrogens is 332 g/mol. The molecule has 7 nitrogen and oxygen atoms in total.